The average molecular weight is 264 g/mol. The maximum absolute atomic E-state index is 12.0. The molecule has 1 aromatic rings. The number of allylic oxidation sites excluding steroid dienone is 6. The predicted octanol–water partition coefficient (Wildman–Crippen LogP) is 4.66. The Kier molecular flexibility index (Phi) is 4.89. The van der Waals surface area contributed by atoms with Crippen molar-refractivity contribution in [3.8, 4) is 0 Å². The van der Waals surface area contributed by atoms with E-state index in [2.05, 4.69) is 24.8 Å². The second-order valence-corrected chi connectivity index (χ2v) is 4.98. The number of benzene rings is 1. The zero-order valence-electron chi connectivity index (χ0n) is 11.9. The van der Waals surface area contributed by atoms with E-state index in [4.69, 9.17) is 0 Å². The molecule has 0 saturated heterocycles. The van der Waals surface area contributed by atoms with Crippen LogP contribution in [0, 0.1) is 0 Å². The molecule has 0 saturated carbocycles. The summed E-state index contributed by atoms with van der Waals surface area (Å²) in [4.78, 5) is 12.0. The van der Waals surface area contributed by atoms with Crippen LogP contribution in [0.2, 0.25) is 0 Å². The minimum Gasteiger partial charge on any atom is -0.295 e. The van der Waals surface area contributed by atoms with E-state index < -0.39 is 0 Å². The van der Waals surface area contributed by atoms with Crippen molar-refractivity contribution in [1.82, 2.24) is 0 Å². The third kappa shape index (κ3) is 3.45. The number of Topliss-reactive ketones (excluding diaryl/α,β-unsaturated/α-hetero) is 1. The first-order valence-corrected chi connectivity index (χ1v) is 6.96. The van der Waals surface area contributed by atoms with E-state index in [0.29, 0.717) is 6.42 Å². The highest BCUT2D eigenvalue weighted by Crippen LogP contribution is 2.23. The minimum atomic E-state index is 0.169. The smallest absolute Gasteiger partial charge is 0.156 e. The summed E-state index contributed by atoms with van der Waals surface area (Å²) in [5.41, 5.74) is 4.43. The van der Waals surface area contributed by atoms with Crippen LogP contribution in [0.5, 0.6) is 0 Å². The molecule has 20 heavy (non-hydrogen) atoms. The molecule has 1 aromatic carbocycles. The third-order valence-electron chi connectivity index (χ3n) is 3.61. The maximum atomic E-state index is 12.0. The molecule has 0 radical (unpaired) electrons. The summed E-state index contributed by atoms with van der Waals surface area (Å²) in [6, 6.07) is 8.12. The summed E-state index contributed by atoms with van der Waals surface area (Å²) in [7, 11) is 0. The van der Waals surface area contributed by atoms with Crippen LogP contribution in [-0.2, 0) is 11.2 Å². The molecule has 0 spiro atoms. The van der Waals surface area contributed by atoms with Crippen LogP contribution < -0.4 is 0 Å². The topological polar surface area (TPSA) is 17.1 Å². The second kappa shape index (κ2) is 6.85. The van der Waals surface area contributed by atoms with E-state index in [1.807, 2.05) is 36.4 Å². The molecule has 0 aliphatic heterocycles. The standard InChI is InChI=1S/C19H20O/c1-3-16-10-8-9-13-18(16)14-19(15(2)20)17-11-6-4-5-7-12-17/h3-10,13H,1,11-12,14H2,2H3. The van der Waals surface area contributed by atoms with Crippen molar-refractivity contribution in [3.63, 3.8) is 0 Å². The van der Waals surface area contributed by atoms with Gasteiger partial charge in [-0.15, -0.1) is 0 Å². The van der Waals surface area contributed by atoms with Gasteiger partial charge in [0.2, 0.25) is 0 Å². The molecule has 1 nitrogen and oxygen atoms in total. The number of carbonyl (C=O) groups is 1. The highest BCUT2D eigenvalue weighted by Gasteiger charge is 2.13. The zero-order valence-corrected chi connectivity index (χ0v) is 11.9. The van der Waals surface area contributed by atoms with Crippen LogP contribution in [0.25, 0.3) is 6.08 Å². The molecule has 2 rings (SSSR count). The summed E-state index contributed by atoms with van der Waals surface area (Å²) >= 11 is 0. The van der Waals surface area contributed by atoms with Crippen LogP contribution in [0.1, 0.15) is 30.9 Å². The molecule has 0 atom stereocenters. The molecule has 1 aliphatic rings. The molecular formula is C19H20O. The van der Waals surface area contributed by atoms with Crippen molar-refractivity contribution in [3.05, 3.63) is 77.4 Å². The molecule has 1 aliphatic carbocycles. The van der Waals surface area contributed by atoms with Gasteiger partial charge in [-0.3, -0.25) is 4.79 Å². The van der Waals surface area contributed by atoms with Gasteiger partial charge in [0.25, 0.3) is 0 Å². The summed E-state index contributed by atoms with van der Waals surface area (Å²) in [5, 5.41) is 0. The number of hydrogen-bond donors (Lipinski definition) is 0. The van der Waals surface area contributed by atoms with Gasteiger partial charge in [0, 0.05) is 6.42 Å². The first-order valence-electron chi connectivity index (χ1n) is 6.96. The normalized spacial score (nSPS) is 13.9. The van der Waals surface area contributed by atoms with Crippen LogP contribution in [-0.4, -0.2) is 5.78 Å². The van der Waals surface area contributed by atoms with Crippen LogP contribution in [0.4, 0.5) is 0 Å². The lowest BCUT2D eigenvalue weighted by Crippen LogP contribution is -2.06. The Morgan fingerprint density at radius 3 is 2.45 bits per heavy atom. The van der Waals surface area contributed by atoms with Gasteiger partial charge in [-0.2, -0.15) is 0 Å². The van der Waals surface area contributed by atoms with Crippen LogP contribution >= 0.6 is 0 Å². The van der Waals surface area contributed by atoms with Gasteiger partial charge < -0.3 is 0 Å². The Labute approximate surface area is 121 Å². The fraction of sp³-hybridized carbons (Fsp3) is 0.211. The highest BCUT2D eigenvalue weighted by atomic mass is 16.1. The van der Waals surface area contributed by atoms with Crippen LogP contribution in [0.15, 0.2) is 66.3 Å². The monoisotopic (exact) mass is 264 g/mol. The fourth-order valence-electron chi connectivity index (χ4n) is 2.49. The molecule has 0 heterocycles. The van der Waals surface area contributed by atoms with Gasteiger partial charge in [-0.25, -0.2) is 0 Å². The Bertz CT molecular complexity index is 584. The van der Waals surface area contributed by atoms with Gasteiger partial charge >= 0.3 is 0 Å². The fourth-order valence-corrected chi connectivity index (χ4v) is 2.49. The molecule has 0 aromatic heterocycles. The van der Waals surface area contributed by atoms with Crippen molar-refractivity contribution in [1.29, 1.82) is 0 Å². The summed E-state index contributed by atoms with van der Waals surface area (Å²) in [6.07, 6.45) is 12.6. The van der Waals surface area contributed by atoms with Crippen molar-refractivity contribution in [2.24, 2.45) is 0 Å². The lowest BCUT2D eigenvalue weighted by atomic mass is 9.91. The van der Waals surface area contributed by atoms with Gasteiger partial charge in [0.15, 0.2) is 5.78 Å². The molecule has 0 bridgehead atoms. The highest BCUT2D eigenvalue weighted by molar-refractivity contribution is 5.94. The SMILES string of the molecule is C=Cc1ccccc1CC(C(C)=O)=C1CC=CC=CC1. The van der Waals surface area contributed by atoms with E-state index >= 15 is 0 Å². The first-order chi connectivity index (χ1) is 9.72. The van der Waals surface area contributed by atoms with Gasteiger partial charge in [-0.05, 0) is 36.5 Å². The second-order valence-electron chi connectivity index (χ2n) is 4.98. The van der Waals surface area contributed by atoms with E-state index in [1.54, 1.807) is 6.92 Å². The molecule has 1 heteroatoms. The third-order valence-corrected chi connectivity index (χ3v) is 3.61. The predicted molar refractivity (Wildman–Crippen MR) is 85.5 cm³/mol. The lowest BCUT2D eigenvalue weighted by molar-refractivity contribution is -0.113. The minimum absolute atomic E-state index is 0.169. The van der Waals surface area contributed by atoms with Crippen molar-refractivity contribution in [2.75, 3.05) is 0 Å². The Morgan fingerprint density at radius 1 is 1.20 bits per heavy atom. The molecule has 102 valence electrons. The number of hydrogen-bond acceptors (Lipinski definition) is 1. The maximum Gasteiger partial charge on any atom is 0.156 e. The van der Waals surface area contributed by atoms with Crippen LogP contribution in [0.3, 0.4) is 0 Å². The average Bonchev–Trinajstić information content (AvgIpc) is 2.73. The number of carbonyl (C=O) groups excluding carboxylic acids is 1. The first kappa shape index (κ1) is 14.3. The van der Waals surface area contributed by atoms with E-state index in [9.17, 15) is 4.79 Å². The zero-order chi connectivity index (χ0) is 14.4. The van der Waals surface area contributed by atoms with Gasteiger partial charge in [0.1, 0.15) is 0 Å². The molecule has 0 N–H and O–H groups in total. The Hall–Kier alpha value is -2.15. The van der Waals surface area contributed by atoms with Gasteiger partial charge in [-0.1, -0.05) is 66.8 Å². The Morgan fingerprint density at radius 2 is 1.85 bits per heavy atom. The molecule has 0 unspecified atom stereocenters. The van der Waals surface area contributed by atoms with E-state index in [1.165, 1.54) is 5.57 Å². The quantitative estimate of drug-likeness (QED) is 0.723. The summed E-state index contributed by atoms with van der Waals surface area (Å²) < 4.78 is 0. The van der Waals surface area contributed by atoms with E-state index in [-0.39, 0.29) is 5.78 Å². The van der Waals surface area contributed by atoms with Crippen molar-refractivity contribution < 1.29 is 4.79 Å². The van der Waals surface area contributed by atoms with Crippen molar-refractivity contribution in [2.45, 2.75) is 26.2 Å². The van der Waals surface area contributed by atoms with Gasteiger partial charge in [0.05, 0.1) is 0 Å². The summed E-state index contributed by atoms with van der Waals surface area (Å²) in [5.74, 6) is 0.169. The number of ketones is 1. The number of rotatable bonds is 4. The largest absolute Gasteiger partial charge is 0.295 e. The lowest BCUT2D eigenvalue weighted by Gasteiger charge is -2.12. The Balaban J connectivity index is 2.37. The van der Waals surface area contributed by atoms with Crippen molar-refractivity contribution >= 4 is 11.9 Å². The molecule has 0 amide bonds. The molecule has 0 fully saturated rings. The molecular weight excluding hydrogens is 244 g/mol. The summed E-state index contributed by atoms with van der Waals surface area (Å²) in [6.45, 7) is 5.51. The van der Waals surface area contributed by atoms with E-state index in [0.717, 1.165) is 29.5 Å².